The van der Waals surface area contributed by atoms with Crippen molar-refractivity contribution >= 4 is 21.4 Å². The topological polar surface area (TPSA) is 15.3 Å². The lowest BCUT2D eigenvalue weighted by atomic mass is 10.0. The van der Waals surface area contributed by atoms with E-state index in [2.05, 4.69) is 60.6 Å². The van der Waals surface area contributed by atoms with Gasteiger partial charge in [-0.15, -0.1) is 11.3 Å². The maximum atomic E-state index is 3.67. The van der Waals surface area contributed by atoms with Gasteiger partial charge in [0.1, 0.15) is 0 Å². The van der Waals surface area contributed by atoms with E-state index in [9.17, 15) is 0 Å². The molecule has 1 aromatic heterocycles. The van der Waals surface area contributed by atoms with E-state index in [0.29, 0.717) is 6.04 Å². The van der Waals surface area contributed by atoms with Gasteiger partial charge >= 0.3 is 0 Å². The first kappa shape index (κ1) is 16.5. The first-order valence-corrected chi connectivity index (χ1v) is 9.07. The monoisotopic (exact) mass is 304 g/mol. The van der Waals surface area contributed by atoms with E-state index in [4.69, 9.17) is 0 Å². The third kappa shape index (κ3) is 4.53. The van der Waals surface area contributed by atoms with Crippen molar-refractivity contribution in [2.75, 3.05) is 26.2 Å². The molecule has 0 aliphatic heterocycles. The molecule has 1 atom stereocenters. The molecule has 0 bridgehead atoms. The molecular weight excluding hydrogens is 276 g/mol. The highest BCUT2D eigenvalue weighted by Gasteiger charge is 2.13. The highest BCUT2D eigenvalue weighted by atomic mass is 32.1. The predicted molar refractivity (Wildman–Crippen MR) is 95.4 cm³/mol. The fourth-order valence-corrected chi connectivity index (χ4v) is 3.88. The molecule has 21 heavy (non-hydrogen) atoms. The molecule has 1 aromatic carbocycles. The van der Waals surface area contributed by atoms with Gasteiger partial charge in [0.15, 0.2) is 0 Å². The van der Waals surface area contributed by atoms with Gasteiger partial charge in [-0.3, -0.25) is 0 Å². The molecule has 3 heteroatoms. The van der Waals surface area contributed by atoms with Gasteiger partial charge in [-0.1, -0.05) is 39.0 Å². The summed E-state index contributed by atoms with van der Waals surface area (Å²) in [6.45, 7) is 11.2. The van der Waals surface area contributed by atoms with Crippen LogP contribution in [-0.2, 0) is 6.42 Å². The zero-order chi connectivity index (χ0) is 15.1. The lowest BCUT2D eigenvalue weighted by Gasteiger charge is -2.23. The van der Waals surface area contributed by atoms with Crippen molar-refractivity contribution < 1.29 is 0 Å². The first-order valence-electron chi connectivity index (χ1n) is 8.19. The molecule has 0 spiro atoms. The zero-order valence-electron chi connectivity index (χ0n) is 13.6. The molecule has 0 amide bonds. The van der Waals surface area contributed by atoms with E-state index < -0.39 is 0 Å². The Labute approximate surface area is 133 Å². The number of benzene rings is 1. The summed E-state index contributed by atoms with van der Waals surface area (Å²) in [6, 6.07) is 9.34. The molecule has 116 valence electrons. The molecule has 1 unspecified atom stereocenters. The molecule has 0 radical (unpaired) electrons. The SMILES string of the molecule is CCNC(CCN(CC)CC)Cc1csc2ccccc12. The summed E-state index contributed by atoms with van der Waals surface area (Å²) in [5.41, 5.74) is 1.50. The molecule has 0 saturated heterocycles. The smallest absolute Gasteiger partial charge is 0.0345 e. The van der Waals surface area contributed by atoms with Crippen LogP contribution in [0.3, 0.4) is 0 Å². The summed E-state index contributed by atoms with van der Waals surface area (Å²) in [7, 11) is 0. The van der Waals surface area contributed by atoms with Crippen molar-refractivity contribution in [2.45, 2.75) is 39.7 Å². The normalized spacial score (nSPS) is 13.1. The molecule has 2 aromatic rings. The maximum Gasteiger partial charge on any atom is 0.0345 e. The number of thiophene rings is 1. The molecule has 1 heterocycles. The second kappa shape index (κ2) is 8.52. The number of nitrogens with zero attached hydrogens (tertiary/aromatic N) is 1. The van der Waals surface area contributed by atoms with Crippen LogP contribution in [0.2, 0.25) is 0 Å². The molecule has 0 aliphatic rings. The predicted octanol–water partition coefficient (Wildman–Crippen LogP) is 4.15. The van der Waals surface area contributed by atoms with Crippen molar-refractivity contribution in [1.29, 1.82) is 0 Å². The van der Waals surface area contributed by atoms with Gasteiger partial charge in [0.2, 0.25) is 0 Å². The Kier molecular flexibility index (Phi) is 6.68. The zero-order valence-corrected chi connectivity index (χ0v) is 14.4. The standard InChI is InChI=1S/C18H28N2S/c1-4-19-16(11-12-20(5-2)6-3)13-15-14-21-18-10-8-7-9-17(15)18/h7-10,14,16,19H,4-6,11-13H2,1-3H3. The van der Waals surface area contributed by atoms with Gasteiger partial charge in [0, 0.05) is 10.7 Å². The van der Waals surface area contributed by atoms with Crippen LogP contribution in [0.1, 0.15) is 32.8 Å². The number of hydrogen-bond donors (Lipinski definition) is 1. The minimum absolute atomic E-state index is 0.577. The number of rotatable bonds is 9. The van der Waals surface area contributed by atoms with Crippen molar-refractivity contribution in [3.63, 3.8) is 0 Å². The number of nitrogens with one attached hydrogen (secondary N) is 1. The lowest BCUT2D eigenvalue weighted by molar-refractivity contribution is 0.281. The maximum absolute atomic E-state index is 3.67. The third-order valence-electron chi connectivity index (χ3n) is 4.21. The highest BCUT2D eigenvalue weighted by Crippen LogP contribution is 2.26. The van der Waals surface area contributed by atoms with Crippen molar-refractivity contribution in [3.8, 4) is 0 Å². The van der Waals surface area contributed by atoms with Crippen LogP contribution in [0.25, 0.3) is 10.1 Å². The summed E-state index contributed by atoms with van der Waals surface area (Å²) in [6.07, 6.45) is 2.36. The molecular formula is C18H28N2S. The summed E-state index contributed by atoms with van der Waals surface area (Å²) in [5, 5.41) is 7.44. The second-order valence-corrected chi connectivity index (χ2v) is 6.44. The molecule has 0 saturated carbocycles. The van der Waals surface area contributed by atoms with Gasteiger partial charge in [0.05, 0.1) is 0 Å². The number of hydrogen-bond acceptors (Lipinski definition) is 3. The average Bonchev–Trinajstić information content (AvgIpc) is 2.92. The Hall–Kier alpha value is -0.900. The van der Waals surface area contributed by atoms with Gasteiger partial charge in [0.25, 0.3) is 0 Å². The molecule has 2 rings (SSSR count). The summed E-state index contributed by atoms with van der Waals surface area (Å²) in [5.74, 6) is 0. The van der Waals surface area contributed by atoms with Crippen molar-refractivity contribution in [2.24, 2.45) is 0 Å². The van der Waals surface area contributed by atoms with Crippen molar-refractivity contribution in [1.82, 2.24) is 10.2 Å². The largest absolute Gasteiger partial charge is 0.314 e. The molecule has 1 N–H and O–H groups in total. The van der Waals surface area contributed by atoms with E-state index in [0.717, 1.165) is 26.1 Å². The lowest BCUT2D eigenvalue weighted by Crippen LogP contribution is -2.35. The second-order valence-electron chi connectivity index (χ2n) is 5.53. The van der Waals surface area contributed by atoms with Crippen LogP contribution >= 0.6 is 11.3 Å². The van der Waals surface area contributed by atoms with Crippen LogP contribution in [0.4, 0.5) is 0 Å². The number of fused-ring (bicyclic) bond motifs is 1. The summed E-state index contributed by atoms with van der Waals surface area (Å²) < 4.78 is 1.41. The Morgan fingerprint density at radius 1 is 1.14 bits per heavy atom. The minimum Gasteiger partial charge on any atom is -0.314 e. The van der Waals surface area contributed by atoms with E-state index in [-0.39, 0.29) is 0 Å². The number of likely N-dealkylation sites (N-methyl/N-ethyl adjacent to an activating group) is 1. The fraction of sp³-hybridized carbons (Fsp3) is 0.556. The van der Waals surface area contributed by atoms with Gasteiger partial charge in [-0.25, -0.2) is 0 Å². The highest BCUT2D eigenvalue weighted by molar-refractivity contribution is 7.17. The van der Waals surface area contributed by atoms with Crippen LogP contribution < -0.4 is 5.32 Å². The molecule has 0 fully saturated rings. The van der Waals surface area contributed by atoms with Crippen LogP contribution in [0, 0.1) is 0 Å². The Bertz CT molecular complexity index is 531. The quantitative estimate of drug-likeness (QED) is 0.748. The Balaban J connectivity index is 2.01. The molecule has 0 aliphatic carbocycles. The first-order chi connectivity index (χ1) is 10.3. The fourth-order valence-electron chi connectivity index (χ4n) is 2.90. The van der Waals surface area contributed by atoms with Crippen LogP contribution in [0.5, 0.6) is 0 Å². The van der Waals surface area contributed by atoms with Crippen LogP contribution in [0.15, 0.2) is 29.6 Å². The van der Waals surface area contributed by atoms with Crippen LogP contribution in [-0.4, -0.2) is 37.1 Å². The summed E-state index contributed by atoms with van der Waals surface area (Å²) in [4.78, 5) is 2.51. The van der Waals surface area contributed by atoms with E-state index in [1.807, 2.05) is 11.3 Å². The van der Waals surface area contributed by atoms with Gasteiger partial charge in [-0.05, 0) is 61.4 Å². The summed E-state index contributed by atoms with van der Waals surface area (Å²) >= 11 is 1.87. The molecule has 2 nitrogen and oxygen atoms in total. The van der Waals surface area contributed by atoms with E-state index >= 15 is 0 Å². The van der Waals surface area contributed by atoms with Gasteiger partial charge in [-0.2, -0.15) is 0 Å². The average molecular weight is 305 g/mol. The Morgan fingerprint density at radius 2 is 1.90 bits per heavy atom. The van der Waals surface area contributed by atoms with E-state index in [1.54, 1.807) is 0 Å². The minimum atomic E-state index is 0.577. The van der Waals surface area contributed by atoms with E-state index in [1.165, 1.54) is 28.6 Å². The van der Waals surface area contributed by atoms with Gasteiger partial charge < -0.3 is 10.2 Å². The van der Waals surface area contributed by atoms with Crippen molar-refractivity contribution in [3.05, 3.63) is 35.2 Å². The third-order valence-corrected chi connectivity index (χ3v) is 5.22. The Morgan fingerprint density at radius 3 is 2.62 bits per heavy atom.